The van der Waals surface area contributed by atoms with Crippen molar-refractivity contribution in [2.45, 2.75) is 26.7 Å². The molecule has 0 saturated carbocycles. The van der Waals surface area contributed by atoms with Crippen molar-refractivity contribution in [2.24, 2.45) is 5.92 Å². The van der Waals surface area contributed by atoms with E-state index in [-0.39, 0.29) is 0 Å². The van der Waals surface area contributed by atoms with Gasteiger partial charge in [0.2, 0.25) is 0 Å². The molecule has 0 aliphatic carbocycles. The molecule has 0 radical (unpaired) electrons. The van der Waals surface area contributed by atoms with Crippen LogP contribution in [0.3, 0.4) is 0 Å². The van der Waals surface area contributed by atoms with Gasteiger partial charge in [0, 0.05) is 6.54 Å². The van der Waals surface area contributed by atoms with Gasteiger partial charge in [0.15, 0.2) is 0 Å². The number of ether oxygens (including phenoxy) is 1. The highest BCUT2D eigenvalue weighted by Gasteiger charge is 2.15. The van der Waals surface area contributed by atoms with Crippen LogP contribution in [-0.4, -0.2) is 24.7 Å². The third-order valence-electron chi connectivity index (χ3n) is 3.20. The van der Waals surface area contributed by atoms with E-state index in [1.165, 1.54) is 23.5 Å². The average molecular weight is 265 g/mol. The second-order valence-electron chi connectivity index (χ2n) is 4.96. The summed E-state index contributed by atoms with van der Waals surface area (Å²) in [5.41, 5.74) is 2.40. The molecule has 1 aromatic carbocycles. The first-order chi connectivity index (χ1) is 8.79. The van der Waals surface area contributed by atoms with Gasteiger partial charge in [-0.3, -0.25) is 0 Å². The number of hydrogen-bond acceptors (Lipinski definition) is 3. The average Bonchev–Trinajstić information content (AvgIpc) is 2.88. The van der Waals surface area contributed by atoms with Crippen LogP contribution in [0.5, 0.6) is 5.75 Å². The summed E-state index contributed by atoms with van der Waals surface area (Å²) in [6, 6.07) is 6.41. The van der Waals surface area contributed by atoms with Gasteiger partial charge >= 0.3 is 0 Å². The zero-order chi connectivity index (χ0) is 12.8. The Morgan fingerprint density at radius 2 is 2.33 bits per heavy atom. The molecule has 0 amide bonds. The fraction of sp³-hybridized carbons (Fsp3) is 0.600. The first-order valence-corrected chi connectivity index (χ1v) is 8.00. The fourth-order valence-electron chi connectivity index (χ4n) is 2.11. The Labute approximate surface area is 114 Å². The Kier molecular flexibility index (Phi) is 5.24. The maximum absolute atomic E-state index is 5.81. The monoisotopic (exact) mass is 265 g/mol. The van der Waals surface area contributed by atoms with Gasteiger partial charge in [-0.05, 0) is 54.9 Å². The van der Waals surface area contributed by atoms with Crippen LogP contribution in [0.25, 0.3) is 0 Å². The Bertz CT molecular complexity index is 375. The Hall–Kier alpha value is -0.830. The van der Waals surface area contributed by atoms with E-state index in [2.05, 4.69) is 49.1 Å². The van der Waals surface area contributed by atoms with E-state index in [4.69, 9.17) is 4.74 Å². The van der Waals surface area contributed by atoms with E-state index in [9.17, 15) is 0 Å². The number of nitrogens with one attached hydrogen (secondary N) is 1. The molecule has 100 valence electrons. The normalized spacial score (nSPS) is 18.9. The van der Waals surface area contributed by atoms with Crippen LogP contribution in [0.1, 0.15) is 25.3 Å². The second-order valence-corrected chi connectivity index (χ2v) is 6.11. The molecule has 18 heavy (non-hydrogen) atoms. The summed E-state index contributed by atoms with van der Waals surface area (Å²) >= 11 is 2.07. The summed E-state index contributed by atoms with van der Waals surface area (Å²) < 4.78 is 5.81. The second kappa shape index (κ2) is 6.93. The number of anilines is 1. The Morgan fingerprint density at radius 1 is 1.44 bits per heavy atom. The largest absolute Gasteiger partial charge is 0.491 e. The topological polar surface area (TPSA) is 21.3 Å². The van der Waals surface area contributed by atoms with Crippen molar-refractivity contribution in [1.82, 2.24) is 0 Å². The van der Waals surface area contributed by atoms with E-state index in [1.807, 2.05) is 0 Å². The predicted octanol–water partition coefficient (Wildman–Crippen LogP) is 3.95. The van der Waals surface area contributed by atoms with Crippen molar-refractivity contribution in [2.75, 3.05) is 30.0 Å². The number of hydrogen-bond donors (Lipinski definition) is 1. The van der Waals surface area contributed by atoms with Crippen LogP contribution >= 0.6 is 11.8 Å². The highest BCUT2D eigenvalue weighted by molar-refractivity contribution is 7.99. The highest BCUT2D eigenvalue weighted by Crippen LogP contribution is 2.28. The fourth-order valence-corrected chi connectivity index (χ4v) is 3.39. The lowest BCUT2D eigenvalue weighted by Gasteiger charge is -2.16. The summed E-state index contributed by atoms with van der Waals surface area (Å²) in [6.45, 7) is 6.10. The predicted molar refractivity (Wildman–Crippen MR) is 80.9 cm³/mol. The first-order valence-electron chi connectivity index (χ1n) is 6.84. The quantitative estimate of drug-likeness (QED) is 0.841. The molecule has 0 aromatic heterocycles. The number of rotatable bonds is 6. The molecular formula is C15H23NOS. The third-order valence-corrected chi connectivity index (χ3v) is 4.44. The molecule has 1 atom stereocenters. The zero-order valence-corrected chi connectivity index (χ0v) is 12.2. The van der Waals surface area contributed by atoms with E-state index < -0.39 is 0 Å². The van der Waals surface area contributed by atoms with Crippen LogP contribution in [0.15, 0.2) is 18.2 Å². The van der Waals surface area contributed by atoms with Crippen molar-refractivity contribution in [3.05, 3.63) is 23.8 Å². The number of thioether (sulfide) groups is 1. The summed E-state index contributed by atoms with van der Waals surface area (Å²) in [5.74, 6) is 4.43. The lowest BCUT2D eigenvalue weighted by molar-refractivity contribution is 0.318. The van der Waals surface area contributed by atoms with Gasteiger partial charge in [-0.1, -0.05) is 13.0 Å². The minimum Gasteiger partial charge on any atom is -0.491 e. The molecule has 1 unspecified atom stereocenters. The van der Waals surface area contributed by atoms with Gasteiger partial charge in [0.05, 0.1) is 12.3 Å². The zero-order valence-electron chi connectivity index (χ0n) is 11.4. The van der Waals surface area contributed by atoms with Crippen molar-refractivity contribution in [1.29, 1.82) is 0 Å². The van der Waals surface area contributed by atoms with Crippen LogP contribution in [-0.2, 0) is 0 Å². The smallest absolute Gasteiger partial charge is 0.142 e. The molecule has 0 spiro atoms. The van der Waals surface area contributed by atoms with Gasteiger partial charge in [-0.15, -0.1) is 0 Å². The van der Waals surface area contributed by atoms with Gasteiger partial charge in [-0.25, -0.2) is 0 Å². The summed E-state index contributed by atoms with van der Waals surface area (Å²) in [7, 11) is 0. The summed E-state index contributed by atoms with van der Waals surface area (Å²) in [5, 5.41) is 3.55. The number of aryl methyl sites for hydroxylation is 1. The SMILES string of the molecule is CCCOc1cc(C)ccc1NCC1CCSC1. The molecule has 1 aliphatic heterocycles. The van der Waals surface area contributed by atoms with Crippen molar-refractivity contribution in [3.63, 3.8) is 0 Å². The van der Waals surface area contributed by atoms with Crippen molar-refractivity contribution < 1.29 is 4.74 Å². The van der Waals surface area contributed by atoms with Crippen molar-refractivity contribution >= 4 is 17.4 Å². The minimum atomic E-state index is 0.789. The molecule has 2 rings (SSSR count). The van der Waals surface area contributed by atoms with Gasteiger partial charge < -0.3 is 10.1 Å². The number of benzene rings is 1. The lowest BCUT2D eigenvalue weighted by atomic mass is 10.1. The molecule has 1 N–H and O–H groups in total. The molecule has 1 fully saturated rings. The van der Waals surface area contributed by atoms with Crippen LogP contribution in [0.2, 0.25) is 0 Å². The Morgan fingerprint density at radius 3 is 3.06 bits per heavy atom. The standard InChI is InChI=1S/C15H23NOS/c1-3-7-17-15-9-12(2)4-5-14(15)16-10-13-6-8-18-11-13/h4-5,9,13,16H,3,6-8,10-11H2,1-2H3. The van der Waals surface area contributed by atoms with Crippen LogP contribution in [0, 0.1) is 12.8 Å². The molecule has 0 bridgehead atoms. The van der Waals surface area contributed by atoms with Gasteiger partial charge in [0.25, 0.3) is 0 Å². The molecule has 3 heteroatoms. The third kappa shape index (κ3) is 3.84. The summed E-state index contributed by atoms with van der Waals surface area (Å²) in [6.07, 6.45) is 2.39. The summed E-state index contributed by atoms with van der Waals surface area (Å²) in [4.78, 5) is 0. The van der Waals surface area contributed by atoms with Crippen LogP contribution in [0.4, 0.5) is 5.69 Å². The van der Waals surface area contributed by atoms with Gasteiger partial charge in [0.1, 0.15) is 5.75 Å². The van der Waals surface area contributed by atoms with Crippen LogP contribution < -0.4 is 10.1 Å². The maximum Gasteiger partial charge on any atom is 0.142 e. The van der Waals surface area contributed by atoms with E-state index in [0.29, 0.717) is 0 Å². The van der Waals surface area contributed by atoms with E-state index >= 15 is 0 Å². The molecule has 1 heterocycles. The first kappa shape index (κ1) is 13.6. The van der Waals surface area contributed by atoms with Crippen molar-refractivity contribution in [3.8, 4) is 5.75 Å². The maximum atomic E-state index is 5.81. The molecular weight excluding hydrogens is 242 g/mol. The lowest BCUT2D eigenvalue weighted by Crippen LogP contribution is -2.14. The van der Waals surface area contributed by atoms with E-state index in [1.54, 1.807) is 0 Å². The minimum absolute atomic E-state index is 0.789. The molecule has 1 aliphatic rings. The highest BCUT2D eigenvalue weighted by atomic mass is 32.2. The van der Waals surface area contributed by atoms with E-state index in [0.717, 1.165) is 36.9 Å². The molecule has 1 saturated heterocycles. The Balaban J connectivity index is 1.96. The molecule has 2 nitrogen and oxygen atoms in total. The molecule has 1 aromatic rings. The van der Waals surface area contributed by atoms with Gasteiger partial charge in [-0.2, -0.15) is 11.8 Å².